The molecule has 0 spiro atoms. The number of fused-ring (bicyclic) bond motifs is 3. The summed E-state index contributed by atoms with van der Waals surface area (Å²) in [5.74, 6) is -0.348. The number of nitrogens with one attached hydrogen (secondary N) is 1. The Labute approximate surface area is 120 Å². The van der Waals surface area contributed by atoms with Crippen molar-refractivity contribution in [1.82, 2.24) is 9.55 Å². The van der Waals surface area contributed by atoms with Gasteiger partial charge in [-0.25, -0.2) is 0 Å². The molecule has 0 bridgehead atoms. The van der Waals surface area contributed by atoms with Crippen molar-refractivity contribution in [3.63, 3.8) is 0 Å². The Morgan fingerprint density at radius 2 is 2.00 bits per heavy atom. The third-order valence-corrected chi connectivity index (χ3v) is 3.55. The second-order valence-electron chi connectivity index (χ2n) is 5.08. The summed E-state index contributed by atoms with van der Waals surface area (Å²) in [6, 6.07) is 13.4. The molecule has 3 rings (SSSR count). The molecule has 0 radical (unpaired) electrons. The van der Waals surface area contributed by atoms with Crippen LogP contribution in [0.1, 0.15) is 6.92 Å². The minimum absolute atomic E-state index is 0.202. The van der Waals surface area contributed by atoms with Gasteiger partial charge in [0.1, 0.15) is 0 Å². The van der Waals surface area contributed by atoms with Crippen LogP contribution in [0.15, 0.2) is 46.0 Å². The Hall–Kier alpha value is -2.87. The molecule has 21 heavy (non-hydrogen) atoms. The number of aromatic amines is 1. The third kappa shape index (κ3) is 2.11. The summed E-state index contributed by atoms with van der Waals surface area (Å²) >= 11 is 0. The predicted octanol–water partition coefficient (Wildman–Crippen LogP) is 2.00. The zero-order valence-corrected chi connectivity index (χ0v) is 11.5. The van der Waals surface area contributed by atoms with Gasteiger partial charge in [-0.15, -0.1) is 0 Å². The number of aromatic nitrogens is 2. The van der Waals surface area contributed by atoms with Gasteiger partial charge in [-0.05, 0) is 18.4 Å². The smallest absolute Gasteiger partial charge is 0.315 e. The highest BCUT2D eigenvalue weighted by Crippen LogP contribution is 2.22. The molecule has 0 saturated heterocycles. The van der Waals surface area contributed by atoms with Crippen LogP contribution in [0, 0.1) is 17.2 Å². The SMILES string of the molecule is CC(C#N)Cn1c(=O)c(=O)[nH]c2c3ccccc3ccc21. The highest BCUT2D eigenvalue weighted by Gasteiger charge is 2.12. The number of rotatable bonds is 2. The van der Waals surface area contributed by atoms with Crippen molar-refractivity contribution in [3.8, 4) is 6.07 Å². The molecule has 5 heteroatoms. The lowest BCUT2D eigenvalue weighted by Crippen LogP contribution is -2.37. The molecule has 1 atom stereocenters. The number of hydrogen-bond acceptors (Lipinski definition) is 3. The average molecular weight is 279 g/mol. The summed E-state index contributed by atoms with van der Waals surface area (Å²) in [5.41, 5.74) is -0.0212. The van der Waals surface area contributed by atoms with Gasteiger partial charge in [0.2, 0.25) is 0 Å². The van der Waals surface area contributed by atoms with Crippen LogP contribution in [0.3, 0.4) is 0 Å². The van der Waals surface area contributed by atoms with Crippen molar-refractivity contribution in [3.05, 3.63) is 57.1 Å². The lowest BCUT2D eigenvalue weighted by atomic mass is 10.1. The van der Waals surface area contributed by atoms with Crippen LogP contribution >= 0.6 is 0 Å². The second-order valence-corrected chi connectivity index (χ2v) is 5.08. The minimum Gasteiger partial charge on any atom is -0.315 e. The van der Waals surface area contributed by atoms with Crippen molar-refractivity contribution >= 4 is 21.8 Å². The summed E-state index contributed by atoms with van der Waals surface area (Å²) in [7, 11) is 0. The lowest BCUT2D eigenvalue weighted by molar-refractivity contribution is 0.576. The monoisotopic (exact) mass is 279 g/mol. The van der Waals surface area contributed by atoms with Crippen molar-refractivity contribution in [2.75, 3.05) is 0 Å². The standard InChI is InChI=1S/C16H13N3O2/c1-10(8-17)9-19-13-7-6-11-4-2-3-5-12(11)14(13)18-15(20)16(19)21/h2-7,10H,9H2,1H3,(H,18,20). The highest BCUT2D eigenvalue weighted by atomic mass is 16.2. The molecule has 1 aromatic heterocycles. The molecule has 2 aromatic carbocycles. The second kappa shape index (κ2) is 4.91. The number of hydrogen-bond donors (Lipinski definition) is 1. The van der Waals surface area contributed by atoms with Gasteiger partial charge in [-0.2, -0.15) is 5.26 Å². The van der Waals surface area contributed by atoms with Crippen LogP contribution in [0.25, 0.3) is 21.8 Å². The molecular weight excluding hydrogens is 266 g/mol. The van der Waals surface area contributed by atoms with Crippen LogP contribution in [0.5, 0.6) is 0 Å². The van der Waals surface area contributed by atoms with Gasteiger partial charge < -0.3 is 9.55 Å². The van der Waals surface area contributed by atoms with E-state index in [2.05, 4.69) is 11.1 Å². The highest BCUT2D eigenvalue weighted by molar-refractivity contribution is 6.03. The van der Waals surface area contributed by atoms with Crippen molar-refractivity contribution < 1.29 is 0 Å². The lowest BCUT2D eigenvalue weighted by Gasteiger charge is -2.12. The fourth-order valence-corrected chi connectivity index (χ4v) is 2.51. The summed E-state index contributed by atoms with van der Waals surface area (Å²) in [5, 5.41) is 10.8. The van der Waals surface area contributed by atoms with E-state index >= 15 is 0 Å². The summed E-state index contributed by atoms with van der Waals surface area (Å²) < 4.78 is 1.38. The minimum atomic E-state index is -0.663. The Morgan fingerprint density at radius 1 is 1.24 bits per heavy atom. The summed E-state index contributed by atoms with van der Waals surface area (Å²) in [6.07, 6.45) is 0. The first-order valence-electron chi connectivity index (χ1n) is 6.66. The molecule has 1 heterocycles. The molecule has 0 fully saturated rings. The van der Waals surface area contributed by atoms with Crippen LogP contribution < -0.4 is 11.1 Å². The Morgan fingerprint density at radius 3 is 2.76 bits per heavy atom. The van der Waals surface area contributed by atoms with E-state index in [-0.39, 0.29) is 12.5 Å². The maximum atomic E-state index is 12.1. The van der Waals surface area contributed by atoms with Crippen molar-refractivity contribution in [1.29, 1.82) is 5.26 Å². The first kappa shape index (κ1) is 13.1. The van der Waals surface area contributed by atoms with Gasteiger partial charge in [-0.1, -0.05) is 30.3 Å². The first-order valence-corrected chi connectivity index (χ1v) is 6.66. The summed E-state index contributed by atoms with van der Waals surface area (Å²) in [4.78, 5) is 26.6. The van der Waals surface area contributed by atoms with Crippen LogP contribution in [-0.4, -0.2) is 9.55 Å². The summed E-state index contributed by atoms with van der Waals surface area (Å²) in [6.45, 7) is 1.93. The van der Waals surface area contributed by atoms with E-state index in [0.717, 1.165) is 10.8 Å². The number of nitriles is 1. The maximum absolute atomic E-state index is 12.1. The van der Waals surface area contributed by atoms with Gasteiger partial charge in [0, 0.05) is 11.9 Å². The topological polar surface area (TPSA) is 78.7 Å². The molecule has 5 nitrogen and oxygen atoms in total. The molecule has 0 aliphatic heterocycles. The predicted molar refractivity (Wildman–Crippen MR) is 81.1 cm³/mol. The molecule has 3 aromatic rings. The zero-order chi connectivity index (χ0) is 15.0. The van der Waals surface area contributed by atoms with Gasteiger partial charge in [0.15, 0.2) is 0 Å². The third-order valence-electron chi connectivity index (χ3n) is 3.55. The molecule has 1 unspecified atom stereocenters. The van der Waals surface area contributed by atoms with Crippen molar-refractivity contribution in [2.45, 2.75) is 13.5 Å². The largest absolute Gasteiger partial charge is 0.316 e. The van der Waals surface area contributed by atoms with Gasteiger partial charge in [0.05, 0.1) is 23.0 Å². The maximum Gasteiger partial charge on any atom is 0.316 e. The molecular formula is C16H13N3O2. The fourth-order valence-electron chi connectivity index (χ4n) is 2.51. The van der Waals surface area contributed by atoms with E-state index in [1.807, 2.05) is 30.3 Å². The van der Waals surface area contributed by atoms with E-state index in [1.165, 1.54) is 4.57 Å². The number of benzene rings is 2. The van der Waals surface area contributed by atoms with E-state index in [4.69, 9.17) is 5.26 Å². The van der Waals surface area contributed by atoms with Crippen molar-refractivity contribution in [2.24, 2.45) is 5.92 Å². The molecule has 0 amide bonds. The molecule has 0 saturated carbocycles. The first-order chi connectivity index (χ1) is 10.1. The molecule has 0 aliphatic rings. The quantitative estimate of drug-likeness (QED) is 0.575. The number of nitrogens with zero attached hydrogens (tertiary/aromatic N) is 2. The molecule has 1 N–H and O–H groups in total. The van der Waals surface area contributed by atoms with E-state index in [9.17, 15) is 9.59 Å². The Balaban J connectivity index is 2.44. The van der Waals surface area contributed by atoms with Crippen LogP contribution in [0.4, 0.5) is 0 Å². The Kier molecular flexibility index (Phi) is 3.07. The van der Waals surface area contributed by atoms with Gasteiger partial charge in [0.25, 0.3) is 0 Å². The van der Waals surface area contributed by atoms with Crippen LogP contribution in [-0.2, 0) is 6.54 Å². The van der Waals surface area contributed by atoms with E-state index in [0.29, 0.717) is 11.0 Å². The number of H-pyrrole nitrogens is 1. The van der Waals surface area contributed by atoms with Gasteiger partial charge in [-0.3, -0.25) is 9.59 Å². The molecule has 0 aliphatic carbocycles. The molecule has 104 valence electrons. The Bertz CT molecular complexity index is 992. The van der Waals surface area contributed by atoms with E-state index < -0.39 is 11.1 Å². The average Bonchev–Trinajstić information content (AvgIpc) is 2.51. The zero-order valence-electron chi connectivity index (χ0n) is 11.5. The van der Waals surface area contributed by atoms with Gasteiger partial charge >= 0.3 is 11.1 Å². The normalized spacial score (nSPS) is 12.4. The van der Waals surface area contributed by atoms with E-state index in [1.54, 1.807) is 13.0 Å². The fraction of sp³-hybridized carbons (Fsp3) is 0.188. The van der Waals surface area contributed by atoms with Crippen LogP contribution in [0.2, 0.25) is 0 Å².